The molecule has 0 fully saturated rings. The van der Waals surface area contributed by atoms with Gasteiger partial charge < -0.3 is 14.5 Å². The molecule has 0 aliphatic carbocycles. The fourth-order valence-corrected chi connectivity index (χ4v) is 3.34. The third kappa shape index (κ3) is 4.88. The van der Waals surface area contributed by atoms with Crippen LogP contribution in [0.25, 0.3) is 6.08 Å². The van der Waals surface area contributed by atoms with Crippen LogP contribution >= 0.6 is 0 Å². The summed E-state index contributed by atoms with van der Waals surface area (Å²) in [4.78, 5) is 42.2. The first-order chi connectivity index (χ1) is 16.5. The van der Waals surface area contributed by atoms with Crippen molar-refractivity contribution in [2.45, 2.75) is 13.8 Å². The number of carbonyl (C=O) groups excluding carboxylic acids is 3. The average molecular weight is 458 g/mol. The van der Waals surface area contributed by atoms with E-state index < -0.39 is 11.8 Å². The fourth-order valence-electron chi connectivity index (χ4n) is 3.34. The van der Waals surface area contributed by atoms with Crippen molar-refractivity contribution in [1.29, 1.82) is 0 Å². The molecular weight excluding hydrogens is 436 g/mol. The summed E-state index contributed by atoms with van der Waals surface area (Å²) in [6, 6.07) is 17.1. The number of amides is 3. The van der Waals surface area contributed by atoms with E-state index in [0.29, 0.717) is 23.6 Å². The lowest BCUT2D eigenvalue weighted by atomic mass is 10.1. The normalized spacial score (nSPS) is 14.2. The molecule has 2 aromatic carbocycles. The van der Waals surface area contributed by atoms with Crippen LogP contribution in [0.2, 0.25) is 0 Å². The van der Waals surface area contributed by atoms with Gasteiger partial charge in [0.25, 0.3) is 11.8 Å². The SMILES string of the molecule is CCOc1cc(NC(C)=O)ccc1C(=O)NN1C(=O)/C(=C/c2ccco2)N=C1c1ccccc1. The molecule has 0 bridgehead atoms. The Morgan fingerprint density at radius 3 is 2.59 bits per heavy atom. The zero-order valence-electron chi connectivity index (χ0n) is 18.6. The highest BCUT2D eigenvalue weighted by atomic mass is 16.5. The summed E-state index contributed by atoms with van der Waals surface area (Å²) in [7, 11) is 0. The molecule has 9 nitrogen and oxygen atoms in total. The van der Waals surface area contributed by atoms with Gasteiger partial charge in [0.2, 0.25) is 5.91 Å². The van der Waals surface area contributed by atoms with E-state index in [1.54, 1.807) is 43.3 Å². The maximum absolute atomic E-state index is 13.2. The van der Waals surface area contributed by atoms with Crippen molar-refractivity contribution in [2.24, 2.45) is 4.99 Å². The van der Waals surface area contributed by atoms with E-state index in [2.05, 4.69) is 15.7 Å². The van der Waals surface area contributed by atoms with Gasteiger partial charge in [-0.1, -0.05) is 30.3 Å². The molecule has 4 rings (SSSR count). The Balaban J connectivity index is 1.66. The number of nitrogens with zero attached hydrogens (tertiary/aromatic N) is 2. The van der Waals surface area contributed by atoms with Gasteiger partial charge in [0.05, 0.1) is 18.4 Å². The zero-order chi connectivity index (χ0) is 24.1. The van der Waals surface area contributed by atoms with Crippen molar-refractivity contribution in [3.8, 4) is 5.75 Å². The van der Waals surface area contributed by atoms with Crippen LogP contribution in [0.4, 0.5) is 5.69 Å². The first kappa shape index (κ1) is 22.5. The Bertz CT molecular complexity index is 1280. The van der Waals surface area contributed by atoms with Crippen molar-refractivity contribution in [3.05, 3.63) is 89.5 Å². The Labute approximate surface area is 195 Å². The lowest BCUT2D eigenvalue weighted by molar-refractivity contribution is -0.124. The number of anilines is 1. The summed E-state index contributed by atoms with van der Waals surface area (Å²) in [6.45, 7) is 3.47. The number of benzene rings is 2. The van der Waals surface area contributed by atoms with Crippen molar-refractivity contribution in [1.82, 2.24) is 10.4 Å². The quantitative estimate of drug-likeness (QED) is 0.525. The summed E-state index contributed by atoms with van der Waals surface area (Å²) >= 11 is 0. The standard InChI is InChI=1S/C25H22N4O5/c1-3-33-22-14-18(26-16(2)30)11-12-20(22)24(31)28-29-23(17-8-5-4-6-9-17)27-21(25(29)32)15-19-10-7-13-34-19/h4-15H,3H2,1-2H3,(H,26,30)(H,28,31)/b21-15-. The lowest BCUT2D eigenvalue weighted by Crippen LogP contribution is -2.47. The molecule has 34 heavy (non-hydrogen) atoms. The van der Waals surface area contributed by atoms with Crippen molar-refractivity contribution < 1.29 is 23.5 Å². The van der Waals surface area contributed by atoms with Crippen LogP contribution in [-0.4, -0.2) is 35.2 Å². The van der Waals surface area contributed by atoms with Gasteiger partial charge in [0.1, 0.15) is 17.2 Å². The van der Waals surface area contributed by atoms with Crippen molar-refractivity contribution in [2.75, 3.05) is 11.9 Å². The number of hydrogen-bond acceptors (Lipinski definition) is 6. The molecule has 0 spiro atoms. The van der Waals surface area contributed by atoms with Gasteiger partial charge in [-0.3, -0.25) is 19.8 Å². The topological polar surface area (TPSA) is 113 Å². The molecule has 3 aromatic rings. The van der Waals surface area contributed by atoms with Crippen molar-refractivity contribution in [3.63, 3.8) is 0 Å². The third-order valence-electron chi connectivity index (χ3n) is 4.77. The molecule has 3 amide bonds. The molecule has 2 heterocycles. The van der Waals surface area contributed by atoms with Gasteiger partial charge in [0, 0.05) is 30.3 Å². The van der Waals surface area contributed by atoms with Crippen LogP contribution in [0.1, 0.15) is 35.5 Å². The summed E-state index contributed by atoms with van der Waals surface area (Å²) in [5.41, 5.74) is 4.07. The molecule has 1 aliphatic heterocycles. The monoisotopic (exact) mass is 458 g/mol. The van der Waals surface area contributed by atoms with Gasteiger partial charge in [0.15, 0.2) is 5.84 Å². The highest BCUT2D eigenvalue weighted by Gasteiger charge is 2.33. The molecule has 9 heteroatoms. The molecule has 0 radical (unpaired) electrons. The lowest BCUT2D eigenvalue weighted by Gasteiger charge is -2.20. The van der Waals surface area contributed by atoms with Gasteiger partial charge in [-0.15, -0.1) is 0 Å². The van der Waals surface area contributed by atoms with E-state index >= 15 is 0 Å². The van der Waals surface area contributed by atoms with Crippen LogP contribution in [0, 0.1) is 0 Å². The van der Waals surface area contributed by atoms with Gasteiger partial charge in [-0.25, -0.2) is 4.99 Å². The average Bonchev–Trinajstić information content (AvgIpc) is 3.44. The maximum atomic E-state index is 13.2. The fraction of sp³-hybridized carbons (Fsp3) is 0.120. The molecule has 0 unspecified atom stereocenters. The Hall–Kier alpha value is -4.66. The van der Waals surface area contributed by atoms with Crippen LogP contribution < -0.4 is 15.5 Å². The summed E-state index contributed by atoms with van der Waals surface area (Å²) < 4.78 is 10.9. The minimum Gasteiger partial charge on any atom is -0.493 e. The highest BCUT2D eigenvalue weighted by molar-refractivity contribution is 6.20. The number of nitrogens with one attached hydrogen (secondary N) is 2. The second-order valence-corrected chi connectivity index (χ2v) is 7.25. The third-order valence-corrected chi connectivity index (χ3v) is 4.77. The summed E-state index contributed by atoms with van der Waals surface area (Å²) in [6.07, 6.45) is 3.00. The first-order valence-electron chi connectivity index (χ1n) is 10.6. The number of carbonyl (C=O) groups is 3. The number of hydrazine groups is 1. The second-order valence-electron chi connectivity index (χ2n) is 7.25. The predicted octanol–water partition coefficient (Wildman–Crippen LogP) is 3.61. The molecule has 0 atom stereocenters. The maximum Gasteiger partial charge on any atom is 0.297 e. The van der Waals surface area contributed by atoms with Crippen molar-refractivity contribution >= 4 is 35.3 Å². The largest absolute Gasteiger partial charge is 0.493 e. The van der Waals surface area contributed by atoms with Crippen LogP contribution in [0.3, 0.4) is 0 Å². The molecular formula is C25H22N4O5. The van der Waals surface area contributed by atoms with Gasteiger partial charge in [-0.2, -0.15) is 5.01 Å². The molecule has 0 saturated carbocycles. The number of amidine groups is 1. The van der Waals surface area contributed by atoms with Gasteiger partial charge >= 0.3 is 0 Å². The van der Waals surface area contributed by atoms with E-state index in [1.165, 1.54) is 25.3 Å². The number of ether oxygens (including phenoxy) is 1. The molecule has 0 saturated heterocycles. The van der Waals surface area contributed by atoms with E-state index in [1.807, 2.05) is 18.2 Å². The van der Waals surface area contributed by atoms with Crippen LogP contribution in [-0.2, 0) is 9.59 Å². The minimum absolute atomic E-state index is 0.111. The highest BCUT2D eigenvalue weighted by Crippen LogP contribution is 2.25. The number of rotatable bonds is 7. The zero-order valence-corrected chi connectivity index (χ0v) is 18.6. The van der Waals surface area contributed by atoms with Gasteiger partial charge in [-0.05, 0) is 31.2 Å². The van der Waals surface area contributed by atoms with E-state index in [0.717, 1.165) is 5.01 Å². The van der Waals surface area contributed by atoms with E-state index in [9.17, 15) is 14.4 Å². The van der Waals surface area contributed by atoms with Crippen LogP contribution in [0.15, 0.2) is 82.0 Å². The molecule has 172 valence electrons. The van der Waals surface area contributed by atoms with Crippen LogP contribution in [0.5, 0.6) is 5.75 Å². The summed E-state index contributed by atoms with van der Waals surface area (Å²) in [5, 5.41) is 3.76. The number of furan rings is 1. The Morgan fingerprint density at radius 1 is 1.12 bits per heavy atom. The Morgan fingerprint density at radius 2 is 1.91 bits per heavy atom. The molecule has 1 aromatic heterocycles. The smallest absolute Gasteiger partial charge is 0.297 e. The Kier molecular flexibility index (Phi) is 6.54. The first-order valence-corrected chi connectivity index (χ1v) is 10.6. The molecule has 2 N–H and O–H groups in total. The summed E-state index contributed by atoms with van der Waals surface area (Å²) in [5.74, 6) is -0.348. The molecule has 1 aliphatic rings. The predicted molar refractivity (Wildman–Crippen MR) is 126 cm³/mol. The number of hydrogen-bond donors (Lipinski definition) is 2. The van der Waals surface area contributed by atoms with E-state index in [4.69, 9.17) is 9.15 Å². The second kappa shape index (κ2) is 9.86. The number of aliphatic imine (C=N–C) groups is 1. The van der Waals surface area contributed by atoms with E-state index in [-0.39, 0.29) is 28.8 Å². The minimum atomic E-state index is -0.575.